The molecule has 0 aliphatic carbocycles. The van der Waals surface area contributed by atoms with Crippen LogP contribution in [0.5, 0.6) is 5.88 Å². The quantitative estimate of drug-likeness (QED) is 0.757. The topological polar surface area (TPSA) is 35.0 Å². The van der Waals surface area contributed by atoms with Crippen molar-refractivity contribution in [1.82, 2.24) is 9.97 Å². The predicted molar refractivity (Wildman–Crippen MR) is 63.0 cm³/mol. The number of halogens is 1. The lowest BCUT2D eigenvalue weighted by Gasteiger charge is -2.00. The minimum atomic E-state index is -0.595. The molecule has 0 saturated heterocycles. The summed E-state index contributed by atoms with van der Waals surface area (Å²) in [5.41, 5.74) is 1.09. The maximum absolute atomic E-state index is 12.7. The second-order valence-electron chi connectivity index (χ2n) is 3.30. The monoisotopic (exact) mass is 230 g/mol. The van der Waals surface area contributed by atoms with Crippen LogP contribution in [0.15, 0.2) is 48.8 Å². The second-order valence-corrected chi connectivity index (χ2v) is 3.30. The van der Waals surface area contributed by atoms with E-state index in [0.717, 1.165) is 18.0 Å². The van der Waals surface area contributed by atoms with Gasteiger partial charge < -0.3 is 4.74 Å². The van der Waals surface area contributed by atoms with Crippen molar-refractivity contribution >= 4 is 6.08 Å². The second kappa shape index (κ2) is 5.75. The van der Waals surface area contributed by atoms with E-state index in [2.05, 4.69) is 9.97 Å². The summed E-state index contributed by atoms with van der Waals surface area (Å²) in [6.45, 7) is 0.339. The highest BCUT2D eigenvalue weighted by molar-refractivity contribution is 5.48. The van der Waals surface area contributed by atoms with E-state index in [9.17, 15) is 4.39 Å². The number of ether oxygens (including phenoxy) is 1. The average molecular weight is 230 g/mol. The number of rotatable bonds is 4. The lowest BCUT2D eigenvalue weighted by Crippen LogP contribution is -1.97. The lowest BCUT2D eigenvalue weighted by atomic mass is 10.2. The fraction of sp³-hybridized carbons (Fsp3) is 0.0769. The van der Waals surface area contributed by atoms with Crippen molar-refractivity contribution in [3.8, 4) is 5.88 Å². The zero-order valence-electron chi connectivity index (χ0n) is 9.08. The summed E-state index contributed by atoms with van der Waals surface area (Å²) < 4.78 is 17.9. The van der Waals surface area contributed by atoms with Gasteiger partial charge in [-0.2, -0.15) is 4.39 Å². The maximum atomic E-state index is 12.7. The average Bonchev–Trinajstić information content (AvgIpc) is 2.36. The first-order chi connectivity index (χ1) is 8.34. The Morgan fingerprint density at radius 3 is 2.76 bits per heavy atom. The molecule has 86 valence electrons. The molecular formula is C13H11FN2O. The van der Waals surface area contributed by atoms with Crippen molar-refractivity contribution in [3.05, 3.63) is 60.3 Å². The minimum absolute atomic E-state index is 0.232. The van der Waals surface area contributed by atoms with Crippen LogP contribution in [0, 0.1) is 5.95 Å². The van der Waals surface area contributed by atoms with Crippen LogP contribution < -0.4 is 4.74 Å². The van der Waals surface area contributed by atoms with Crippen molar-refractivity contribution in [1.29, 1.82) is 0 Å². The summed E-state index contributed by atoms with van der Waals surface area (Å²) in [7, 11) is 0. The Morgan fingerprint density at radius 2 is 2.00 bits per heavy atom. The molecular weight excluding hydrogens is 219 g/mol. The van der Waals surface area contributed by atoms with Crippen LogP contribution in [0.1, 0.15) is 5.56 Å². The highest BCUT2D eigenvalue weighted by Gasteiger charge is 1.96. The number of aromatic nitrogens is 2. The van der Waals surface area contributed by atoms with E-state index in [1.807, 2.05) is 42.5 Å². The molecule has 0 unspecified atom stereocenters. The zero-order chi connectivity index (χ0) is 11.9. The molecule has 1 heterocycles. The number of hydrogen-bond donors (Lipinski definition) is 0. The van der Waals surface area contributed by atoms with Gasteiger partial charge >= 0.3 is 0 Å². The molecule has 0 spiro atoms. The molecule has 0 radical (unpaired) electrons. The van der Waals surface area contributed by atoms with Gasteiger partial charge in [0.25, 0.3) is 0 Å². The third kappa shape index (κ3) is 3.68. The van der Waals surface area contributed by atoms with E-state index in [0.29, 0.717) is 6.61 Å². The first-order valence-corrected chi connectivity index (χ1v) is 5.16. The van der Waals surface area contributed by atoms with E-state index in [4.69, 9.17) is 4.74 Å². The van der Waals surface area contributed by atoms with Crippen molar-refractivity contribution in [3.63, 3.8) is 0 Å². The smallest absolute Gasteiger partial charge is 0.219 e. The third-order valence-corrected chi connectivity index (χ3v) is 2.05. The molecule has 4 heteroatoms. The molecule has 0 aliphatic heterocycles. The Morgan fingerprint density at radius 1 is 1.18 bits per heavy atom. The Hall–Kier alpha value is -2.23. The molecule has 2 aromatic rings. The van der Waals surface area contributed by atoms with Gasteiger partial charge in [-0.1, -0.05) is 36.4 Å². The minimum Gasteiger partial charge on any atom is -0.473 e. The first-order valence-electron chi connectivity index (χ1n) is 5.16. The first kappa shape index (κ1) is 11.3. The summed E-state index contributed by atoms with van der Waals surface area (Å²) in [5.74, 6) is -0.364. The molecule has 1 aromatic heterocycles. The van der Waals surface area contributed by atoms with Crippen molar-refractivity contribution in [2.45, 2.75) is 0 Å². The van der Waals surface area contributed by atoms with E-state index in [1.54, 1.807) is 0 Å². The van der Waals surface area contributed by atoms with Crippen molar-refractivity contribution < 1.29 is 9.13 Å². The van der Waals surface area contributed by atoms with Crippen LogP contribution in [0.25, 0.3) is 6.08 Å². The predicted octanol–water partition coefficient (Wildman–Crippen LogP) is 2.71. The molecule has 0 atom stereocenters. The van der Waals surface area contributed by atoms with Gasteiger partial charge in [0.1, 0.15) is 12.9 Å². The molecule has 17 heavy (non-hydrogen) atoms. The molecule has 0 amide bonds. The zero-order valence-corrected chi connectivity index (χ0v) is 9.08. The fourth-order valence-electron chi connectivity index (χ4n) is 1.28. The third-order valence-electron chi connectivity index (χ3n) is 2.05. The normalized spacial score (nSPS) is 10.6. The van der Waals surface area contributed by atoms with Gasteiger partial charge in [0, 0.05) is 0 Å². The Kier molecular flexibility index (Phi) is 3.81. The summed E-state index contributed by atoms with van der Waals surface area (Å²) in [6.07, 6.45) is 4.90. The molecule has 0 fully saturated rings. The van der Waals surface area contributed by atoms with E-state index < -0.39 is 5.95 Å². The molecule has 2 rings (SSSR count). The summed E-state index contributed by atoms with van der Waals surface area (Å²) in [4.78, 5) is 7.12. The van der Waals surface area contributed by atoms with Crippen LogP contribution in [0.4, 0.5) is 4.39 Å². The Bertz CT molecular complexity index is 500. The molecule has 0 bridgehead atoms. The lowest BCUT2D eigenvalue weighted by molar-refractivity contribution is 0.344. The van der Waals surface area contributed by atoms with Crippen LogP contribution in [-0.2, 0) is 0 Å². The van der Waals surface area contributed by atoms with Gasteiger partial charge in [0.15, 0.2) is 0 Å². The van der Waals surface area contributed by atoms with Crippen molar-refractivity contribution in [2.24, 2.45) is 0 Å². The standard InChI is InChI=1S/C13H11FN2O/c14-12-9-13(16-10-15-12)17-8-4-7-11-5-2-1-3-6-11/h1-7,9-10H,8H2/b7-4+. The van der Waals surface area contributed by atoms with Crippen LogP contribution in [-0.4, -0.2) is 16.6 Å². The molecule has 0 saturated carbocycles. The van der Waals surface area contributed by atoms with Crippen LogP contribution >= 0.6 is 0 Å². The van der Waals surface area contributed by atoms with Crippen LogP contribution in [0.2, 0.25) is 0 Å². The van der Waals surface area contributed by atoms with Gasteiger partial charge in [-0.05, 0) is 11.6 Å². The number of nitrogens with zero attached hydrogens (tertiary/aromatic N) is 2. The van der Waals surface area contributed by atoms with Gasteiger partial charge in [0.2, 0.25) is 11.8 Å². The van der Waals surface area contributed by atoms with Gasteiger partial charge in [-0.15, -0.1) is 0 Å². The van der Waals surface area contributed by atoms with E-state index in [-0.39, 0.29) is 5.88 Å². The van der Waals surface area contributed by atoms with Gasteiger partial charge in [-0.25, -0.2) is 9.97 Å². The highest BCUT2D eigenvalue weighted by atomic mass is 19.1. The number of hydrogen-bond acceptors (Lipinski definition) is 3. The summed E-state index contributed by atoms with van der Waals surface area (Å²) in [6, 6.07) is 11.0. The van der Waals surface area contributed by atoms with E-state index >= 15 is 0 Å². The van der Waals surface area contributed by atoms with E-state index in [1.165, 1.54) is 0 Å². The Balaban J connectivity index is 1.86. The molecule has 0 N–H and O–H groups in total. The molecule has 3 nitrogen and oxygen atoms in total. The Labute approximate surface area is 98.6 Å². The van der Waals surface area contributed by atoms with Crippen LogP contribution in [0.3, 0.4) is 0 Å². The molecule has 1 aromatic carbocycles. The summed E-state index contributed by atoms with van der Waals surface area (Å²) in [5, 5.41) is 0. The van der Waals surface area contributed by atoms with Gasteiger partial charge in [-0.3, -0.25) is 0 Å². The number of benzene rings is 1. The SMILES string of the molecule is Fc1cc(OC/C=C/c2ccccc2)ncn1. The van der Waals surface area contributed by atoms with Gasteiger partial charge in [0.05, 0.1) is 6.07 Å². The maximum Gasteiger partial charge on any atom is 0.219 e. The van der Waals surface area contributed by atoms with Crippen molar-refractivity contribution in [2.75, 3.05) is 6.61 Å². The highest BCUT2D eigenvalue weighted by Crippen LogP contribution is 2.06. The largest absolute Gasteiger partial charge is 0.473 e. The fourth-order valence-corrected chi connectivity index (χ4v) is 1.28. The summed E-state index contributed by atoms with van der Waals surface area (Å²) >= 11 is 0. The molecule has 0 aliphatic rings.